The Bertz CT molecular complexity index is 1090. The summed E-state index contributed by atoms with van der Waals surface area (Å²) in [6.07, 6.45) is 3.85. The van der Waals surface area contributed by atoms with E-state index in [0.717, 1.165) is 29.8 Å². The fourth-order valence-electron chi connectivity index (χ4n) is 3.45. The van der Waals surface area contributed by atoms with Crippen LogP contribution in [-0.4, -0.2) is 20.1 Å². The summed E-state index contributed by atoms with van der Waals surface area (Å²) < 4.78 is 5.51. The van der Waals surface area contributed by atoms with Gasteiger partial charge in [0.25, 0.3) is 5.89 Å². The molecule has 1 aliphatic rings. The molecule has 1 aliphatic carbocycles. The van der Waals surface area contributed by atoms with E-state index in [9.17, 15) is 0 Å². The van der Waals surface area contributed by atoms with Gasteiger partial charge in [0, 0.05) is 17.1 Å². The minimum absolute atomic E-state index is 0.216. The monoisotopic (exact) mass is 375 g/mol. The fraction of sp³-hybridized carbons (Fsp3) is 0.200. The third-order valence-corrected chi connectivity index (χ3v) is 5.47. The van der Waals surface area contributed by atoms with Gasteiger partial charge in [-0.1, -0.05) is 29.4 Å². The number of nitrogens with zero attached hydrogens (tertiary/aromatic N) is 4. The van der Waals surface area contributed by atoms with E-state index in [1.54, 1.807) is 17.5 Å². The van der Waals surface area contributed by atoms with Gasteiger partial charge in [-0.25, -0.2) is 9.97 Å². The number of hydrogen-bond donors (Lipinski definition) is 1. The van der Waals surface area contributed by atoms with Crippen molar-refractivity contribution in [1.82, 2.24) is 20.1 Å². The van der Waals surface area contributed by atoms with E-state index in [2.05, 4.69) is 49.7 Å². The van der Waals surface area contributed by atoms with Gasteiger partial charge in [0.15, 0.2) is 0 Å². The minimum atomic E-state index is 0.216. The molecule has 0 aliphatic heterocycles. The van der Waals surface area contributed by atoms with E-state index in [0.29, 0.717) is 17.5 Å². The van der Waals surface area contributed by atoms with Crippen LogP contribution in [0.4, 0.5) is 5.82 Å². The minimum Gasteiger partial charge on any atom is -0.362 e. The first kappa shape index (κ1) is 16.1. The van der Waals surface area contributed by atoms with Crippen LogP contribution in [0.1, 0.15) is 29.4 Å². The van der Waals surface area contributed by atoms with Crippen LogP contribution in [0.15, 0.2) is 51.8 Å². The Balaban J connectivity index is 1.50. The van der Waals surface area contributed by atoms with Crippen molar-refractivity contribution in [3.63, 3.8) is 0 Å². The smallest absolute Gasteiger partial charge is 0.263 e. The second-order valence-electron chi connectivity index (χ2n) is 6.55. The molecule has 0 unspecified atom stereocenters. The molecule has 1 atom stereocenters. The summed E-state index contributed by atoms with van der Waals surface area (Å²) in [6, 6.07) is 10.7. The molecule has 4 aromatic rings. The molecule has 0 radical (unpaired) electrons. The number of rotatable bonds is 4. The van der Waals surface area contributed by atoms with Crippen molar-refractivity contribution in [3.05, 3.63) is 64.2 Å². The van der Waals surface area contributed by atoms with Crippen LogP contribution in [0.5, 0.6) is 0 Å². The predicted octanol–water partition coefficient (Wildman–Crippen LogP) is 4.66. The highest BCUT2D eigenvalue weighted by atomic mass is 32.1. The zero-order chi connectivity index (χ0) is 18.2. The summed E-state index contributed by atoms with van der Waals surface area (Å²) in [6.45, 7) is 1.88. The first-order valence-corrected chi connectivity index (χ1v) is 9.77. The standard InChI is InChI=1S/C20H17N5OS/c1-12-21-10-16(20-24-18(25-26-20)14-8-9-27-11-14)19(22-12)23-17-7-6-13-4-2-3-5-15(13)17/h2-5,8-11,17H,6-7H2,1H3,(H,21,22,23)/t17-/m0/s1. The van der Waals surface area contributed by atoms with Crippen molar-refractivity contribution in [1.29, 1.82) is 0 Å². The normalized spacial score (nSPS) is 15.7. The van der Waals surface area contributed by atoms with Crippen molar-refractivity contribution in [3.8, 4) is 22.8 Å². The van der Waals surface area contributed by atoms with Gasteiger partial charge in [-0.15, -0.1) is 0 Å². The zero-order valence-electron chi connectivity index (χ0n) is 14.7. The summed E-state index contributed by atoms with van der Waals surface area (Å²) in [7, 11) is 0. The molecule has 0 saturated heterocycles. The molecule has 0 spiro atoms. The number of aromatic nitrogens is 4. The third kappa shape index (κ3) is 3.00. The molecule has 3 aromatic heterocycles. The van der Waals surface area contributed by atoms with Crippen LogP contribution < -0.4 is 5.32 Å². The molecule has 134 valence electrons. The molecule has 0 saturated carbocycles. The summed E-state index contributed by atoms with van der Waals surface area (Å²) >= 11 is 1.60. The van der Waals surface area contributed by atoms with E-state index < -0.39 is 0 Å². The Labute approximate surface area is 160 Å². The van der Waals surface area contributed by atoms with Gasteiger partial charge in [0.2, 0.25) is 5.82 Å². The summed E-state index contributed by atoms with van der Waals surface area (Å²) in [5.74, 6) is 2.42. The van der Waals surface area contributed by atoms with Crippen LogP contribution in [0.3, 0.4) is 0 Å². The Hall–Kier alpha value is -3.06. The molecule has 0 fully saturated rings. The number of nitrogens with one attached hydrogen (secondary N) is 1. The van der Waals surface area contributed by atoms with Gasteiger partial charge >= 0.3 is 0 Å². The molecular weight excluding hydrogens is 358 g/mol. The first-order chi connectivity index (χ1) is 13.3. The lowest BCUT2D eigenvalue weighted by atomic mass is 10.1. The highest BCUT2D eigenvalue weighted by molar-refractivity contribution is 7.08. The van der Waals surface area contributed by atoms with Crippen LogP contribution in [0, 0.1) is 6.92 Å². The third-order valence-electron chi connectivity index (χ3n) is 4.79. The van der Waals surface area contributed by atoms with Crippen molar-refractivity contribution < 1.29 is 4.52 Å². The largest absolute Gasteiger partial charge is 0.362 e. The predicted molar refractivity (Wildman–Crippen MR) is 105 cm³/mol. The van der Waals surface area contributed by atoms with Crippen molar-refractivity contribution in [2.75, 3.05) is 5.32 Å². The summed E-state index contributed by atoms with van der Waals surface area (Å²) in [4.78, 5) is 13.5. The number of aryl methyl sites for hydroxylation is 2. The molecular formula is C20H17N5OS. The highest BCUT2D eigenvalue weighted by Crippen LogP contribution is 2.36. The average Bonchev–Trinajstić information content (AvgIpc) is 3.43. The van der Waals surface area contributed by atoms with Crippen molar-refractivity contribution in [2.24, 2.45) is 0 Å². The van der Waals surface area contributed by atoms with Gasteiger partial charge in [-0.3, -0.25) is 0 Å². The summed E-state index contributed by atoms with van der Waals surface area (Å²) in [5, 5.41) is 11.7. The quantitative estimate of drug-likeness (QED) is 0.559. The van der Waals surface area contributed by atoms with Gasteiger partial charge in [-0.05, 0) is 42.3 Å². The molecule has 3 heterocycles. The maximum atomic E-state index is 5.51. The SMILES string of the molecule is Cc1ncc(-c2nc(-c3ccsc3)no2)c(N[C@H]2CCc3ccccc32)n1. The number of anilines is 1. The number of benzene rings is 1. The molecule has 6 nitrogen and oxygen atoms in total. The Morgan fingerprint density at radius 1 is 1.19 bits per heavy atom. The molecule has 7 heteroatoms. The van der Waals surface area contributed by atoms with Crippen LogP contribution in [0.25, 0.3) is 22.8 Å². The first-order valence-electron chi connectivity index (χ1n) is 8.82. The second-order valence-corrected chi connectivity index (χ2v) is 7.33. The molecule has 0 amide bonds. The highest BCUT2D eigenvalue weighted by Gasteiger charge is 2.24. The summed E-state index contributed by atoms with van der Waals surface area (Å²) in [5.41, 5.74) is 4.38. The Morgan fingerprint density at radius 3 is 3.00 bits per heavy atom. The van der Waals surface area contributed by atoms with E-state index >= 15 is 0 Å². The number of thiophene rings is 1. The lowest BCUT2D eigenvalue weighted by Crippen LogP contribution is -2.10. The van der Waals surface area contributed by atoms with Crippen LogP contribution >= 0.6 is 11.3 Å². The van der Waals surface area contributed by atoms with Crippen LogP contribution in [0.2, 0.25) is 0 Å². The van der Waals surface area contributed by atoms with Gasteiger partial charge in [0.05, 0.1) is 6.04 Å². The average molecular weight is 375 g/mol. The van der Waals surface area contributed by atoms with Crippen LogP contribution in [-0.2, 0) is 6.42 Å². The molecule has 1 aromatic carbocycles. The van der Waals surface area contributed by atoms with Crippen molar-refractivity contribution in [2.45, 2.75) is 25.8 Å². The second kappa shape index (κ2) is 6.59. The lowest BCUT2D eigenvalue weighted by molar-refractivity contribution is 0.432. The van der Waals surface area contributed by atoms with E-state index in [1.807, 2.05) is 23.8 Å². The number of fused-ring (bicyclic) bond motifs is 1. The van der Waals surface area contributed by atoms with E-state index in [-0.39, 0.29) is 6.04 Å². The van der Waals surface area contributed by atoms with Gasteiger partial charge in [-0.2, -0.15) is 16.3 Å². The Morgan fingerprint density at radius 2 is 2.11 bits per heavy atom. The molecule has 5 rings (SSSR count). The topological polar surface area (TPSA) is 76.7 Å². The molecule has 27 heavy (non-hydrogen) atoms. The maximum absolute atomic E-state index is 5.51. The Kier molecular flexibility index (Phi) is 3.94. The van der Waals surface area contributed by atoms with E-state index in [1.165, 1.54) is 11.1 Å². The number of hydrogen-bond acceptors (Lipinski definition) is 7. The lowest BCUT2D eigenvalue weighted by Gasteiger charge is -2.16. The zero-order valence-corrected chi connectivity index (χ0v) is 15.5. The molecule has 0 bridgehead atoms. The van der Waals surface area contributed by atoms with Gasteiger partial charge in [0.1, 0.15) is 17.2 Å². The van der Waals surface area contributed by atoms with Gasteiger partial charge < -0.3 is 9.84 Å². The maximum Gasteiger partial charge on any atom is 0.263 e. The van der Waals surface area contributed by atoms with Crippen molar-refractivity contribution >= 4 is 17.2 Å². The fourth-order valence-corrected chi connectivity index (χ4v) is 4.08. The molecule has 1 N–H and O–H groups in total. The van der Waals surface area contributed by atoms with E-state index in [4.69, 9.17) is 4.52 Å².